The molecule has 1 atom stereocenters. The lowest BCUT2D eigenvalue weighted by Gasteiger charge is -2.04. The number of aromatic nitrogens is 3. The van der Waals surface area contributed by atoms with Gasteiger partial charge < -0.3 is 19.3 Å². The van der Waals surface area contributed by atoms with Crippen LogP contribution < -0.4 is 10.1 Å². The molecule has 112 valence electrons. The molecular formula is C14H18N4O3. The molecule has 1 aliphatic heterocycles. The summed E-state index contributed by atoms with van der Waals surface area (Å²) in [5, 5.41) is 7.37. The third-order valence-corrected chi connectivity index (χ3v) is 3.33. The minimum atomic E-state index is 0.172. The van der Waals surface area contributed by atoms with Gasteiger partial charge in [-0.15, -0.1) is 0 Å². The molecule has 7 nitrogen and oxygen atoms in total. The lowest BCUT2D eigenvalue weighted by molar-refractivity contribution is 0.144. The van der Waals surface area contributed by atoms with Crippen molar-refractivity contribution in [3.63, 3.8) is 0 Å². The van der Waals surface area contributed by atoms with E-state index in [1.807, 2.05) is 6.07 Å². The van der Waals surface area contributed by atoms with E-state index < -0.39 is 0 Å². The van der Waals surface area contributed by atoms with Gasteiger partial charge in [0.1, 0.15) is 6.61 Å². The normalized spacial score (nSPS) is 18.0. The van der Waals surface area contributed by atoms with Crippen LogP contribution in [-0.4, -0.2) is 42.0 Å². The van der Waals surface area contributed by atoms with E-state index in [0.717, 1.165) is 24.9 Å². The van der Waals surface area contributed by atoms with Crippen molar-refractivity contribution >= 4 is 0 Å². The molecule has 2 aromatic rings. The smallest absolute Gasteiger partial charge is 0.244 e. The van der Waals surface area contributed by atoms with Crippen molar-refractivity contribution in [1.82, 2.24) is 20.4 Å². The van der Waals surface area contributed by atoms with E-state index in [0.29, 0.717) is 30.8 Å². The van der Waals surface area contributed by atoms with Gasteiger partial charge in [0.15, 0.2) is 0 Å². The molecule has 0 aromatic carbocycles. The topological polar surface area (TPSA) is 82.3 Å². The number of ether oxygens (including phenoxy) is 2. The summed E-state index contributed by atoms with van der Waals surface area (Å²) >= 11 is 0. The Labute approximate surface area is 122 Å². The molecule has 21 heavy (non-hydrogen) atoms. The zero-order chi connectivity index (χ0) is 14.5. The van der Waals surface area contributed by atoms with E-state index in [1.165, 1.54) is 0 Å². The van der Waals surface area contributed by atoms with Gasteiger partial charge in [-0.3, -0.25) is 0 Å². The van der Waals surface area contributed by atoms with E-state index in [2.05, 4.69) is 20.4 Å². The molecule has 3 heterocycles. The van der Waals surface area contributed by atoms with E-state index >= 15 is 0 Å². The van der Waals surface area contributed by atoms with E-state index in [9.17, 15) is 0 Å². The van der Waals surface area contributed by atoms with Gasteiger partial charge in [-0.05, 0) is 25.5 Å². The largest absolute Gasteiger partial charge is 0.475 e. The molecule has 3 rings (SSSR count). The highest BCUT2D eigenvalue weighted by molar-refractivity contribution is 5.55. The Kier molecular flexibility index (Phi) is 4.42. The van der Waals surface area contributed by atoms with Gasteiger partial charge in [0.05, 0.1) is 12.6 Å². The SMILES string of the molecule is COCCOc1cc(-c2noc(C3CCCN3)n2)ccn1. The van der Waals surface area contributed by atoms with Crippen molar-refractivity contribution in [2.75, 3.05) is 26.9 Å². The molecule has 0 radical (unpaired) electrons. The van der Waals surface area contributed by atoms with Crippen LogP contribution in [0.2, 0.25) is 0 Å². The first-order valence-electron chi connectivity index (χ1n) is 7.02. The molecule has 2 aromatic heterocycles. The number of rotatable bonds is 6. The molecule has 1 unspecified atom stereocenters. The van der Waals surface area contributed by atoms with Gasteiger partial charge in [-0.1, -0.05) is 5.16 Å². The minimum absolute atomic E-state index is 0.172. The first kappa shape index (κ1) is 14.0. The second kappa shape index (κ2) is 6.64. The summed E-state index contributed by atoms with van der Waals surface area (Å²) < 4.78 is 15.8. The van der Waals surface area contributed by atoms with Gasteiger partial charge in [-0.2, -0.15) is 4.98 Å². The zero-order valence-corrected chi connectivity index (χ0v) is 11.9. The molecule has 1 fully saturated rings. The highest BCUT2D eigenvalue weighted by atomic mass is 16.5. The van der Waals surface area contributed by atoms with Gasteiger partial charge in [0.25, 0.3) is 0 Å². The Bertz CT molecular complexity index is 581. The minimum Gasteiger partial charge on any atom is -0.475 e. The third kappa shape index (κ3) is 3.37. The van der Waals surface area contributed by atoms with Crippen LogP contribution in [0.3, 0.4) is 0 Å². The summed E-state index contributed by atoms with van der Waals surface area (Å²) in [6, 6.07) is 3.80. The summed E-state index contributed by atoms with van der Waals surface area (Å²) in [6.45, 7) is 1.97. The van der Waals surface area contributed by atoms with E-state index in [1.54, 1.807) is 19.4 Å². The van der Waals surface area contributed by atoms with E-state index in [-0.39, 0.29) is 6.04 Å². The molecule has 1 aliphatic rings. The molecule has 0 aliphatic carbocycles. The van der Waals surface area contributed by atoms with Crippen LogP contribution in [0.5, 0.6) is 5.88 Å². The van der Waals surface area contributed by atoms with Crippen LogP contribution in [0.1, 0.15) is 24.8 Å². The van der Waals surface area contributed by atoms with Crippen molar-refractivity contribution in [3.8, 4) is 17.3 Å². The van der Waals surface area contributed by atoms with Crippen LogP contribution >= 0.6 is 0 Å². The maximum absolute atomic E-state index is 5.48. The molecule has 1 N–H and O–H groups in total. The van der Waals surface area contributed by atoms with Gasteiger partial charge >= 0.3 is 0 Å². The average Bonchev–Trinajstić information content (AvgIpc) is 3.19. The van der Waals surface area contributed by atoms with Crippen LogP contribution in [0.4, 0.5) is 0 Å². The van der Waals surface area contributed by atoms with Crippen LogP contribution in [0.25, 0.3) is 11.4 Å². The summed E-state index contributed by atoms with van der Waals surface area (Å²) in [7, 11) is 1.63. The Hall–Kier alpha value is -1.99. The average molecular weight is 290 g/mol. The zero-order valence-electron chi connectivity index (χ0n) is 11.9. The Morgan fingerprint density at radius 1 is 1.43 bits per heavy atom. The van der Waals surface area contributed by atoms with Crippen LogP contribution in [0, 0.1) is 0 Å². The monoisotopic (exact) mass is 290 g/mol. The number of hydrogen-bond acceptors (Lipinski definition) is 7. The van der Waals surface area contributed by atoms with E-state index in [4.69, 9.17) is 14.0 Å². The van der Waals surface area contributed by atoms with Crippen molar-refractivity contribution < 1.29 is 14.0 Å². The summed E-state index contributed by atoms with van der Waals surface area (Å²) in [6.07, 6.45) is 3.83. The first-order chi connectivity index (χ1) is 10.4. The first-order valence-corrected chi connectivity index (χ1v) is 7.02. The number of hydrogen-bond donors (Lipinski definition) is 1. The van der Waals surface area contributed by atoms with Crippen LogP contribution in [-0.2, 0) is 4.74 Å². The molecule has 0 spiro atoms. The summed E-state index contributed by atoms with van der Waals surface area (Å²) in [5.74, 6) is 1.72. The summed E-state index contributed by atoms with van der Waals surface area (Å²) in [5.41, 5.74) is 0.824. The van der Waals surface area contributed by atoms with Crippen molar-refractivity contribution in [1.29, 1.82) is 0 Å². The van der Waals surface area contributed by atoms with Crippen molar-refractivity contribution in [2.24, 2.45) is 0 Å². The van der Waals surface area contributed by atoms with Gasteiger partial charge in [0, 0.05) is 24.9 Å². The second-order valence-electron chi connectivity index (χ2n) is 4.83. The molecule has 0 amide bonds. The Morgan fingerprint density at radius 2 is 2.38 bits per heavy atom. The van der Waals surface area contributed by atoms with Crippen molar-refractivity contribution in [2.45, 2.75) is 18.9 Å². The second-order valence-corrected chi connectivity index (χ2v) is 4.83. The fourth-order valence-electron chi connectivity index (χ4n) is 2.25. The quantitative estimate of drug-likeness (QED) is 0.809. The molecule has 0 saturated carbocycles. The molecule has 0 bridgehead atoms. The maximum Gasteiger partial charge on any atom is 0.244 e. The Balaban J connectivity index is 1.72. The summed E-state index contributed by atoms with van der Waals surface area (Å²) in [4.78, 5) is 8.60. The number of methoxy groups -OCH3 is 1. The number of nitrogens with one attached hydrogen (secondary N) is 1. The van der Waals surface area contributed by atoms with Crippen molar-refractivity contribution in [3.05, 3.63) is 24.2 Å². The molecular weight excluding hydrogens is 272 g/mol. The lowest BCUT2D eigenvalue weighted by atomic mass is 10.2. The number of nitrogens with zero attached hydrogens (tertiary/aromatic N) is 3. The molecule has 7 heteroatoms. The maximum atomic E-state index is 5.48. The highest BCUT2D eigenvalue weighted by Crippen LogP contribution is 2.25. The van der Waals surface area contributed by atoms with Gasteiger partial charge in [0.2, 0.25) is 17.6 Å². The number of pyridine rings is 1. The van der Waals surface area contributed by atoms with Gasteiger partial charge in [-0.25, -0.2) is 4.98 Å². The van der Waals surface area contributed by atoms with Crippen LogP contribution in [0.15, 0.2) is 22.9 Å². The predicted octanol–water partition coefficient (Wildman–Crippen LogP) is 1.58. The molecule has 1 saturated heterocycles. The fourth-order valence-corrected chi connectivity index (χ4v) is 2.25. The standard InChI is InChI=1S/C14H18N4O3/c1-19-7-8-20-12-9-10(4-6-16-12)13-17-14(21-18-13)11-3-2-5-15-11/h4,6,9,11,15H,2-3,5,7-8H2,1H3. The fraction of sp³-hybridized carbons (Fsp3) is 0.500. The lowest BCUT2D eigenvalue weighted by Crippen LogP contribution is -2.12. The predicted molar refractivity (Wildman–Crippen MR) is 74.9 cm³/mol. The Morgan fingerprint density at radius 3 is 3.19 bits per heavy atom. The highest BCUT2D eigenvalue weighted by Gasteiger charge is 2.22. The third-order valence-electron chi connectivity index (χ3n) is 3.33.